The van der Waals surface area contributed by atoms with Gasteiger partial charge in [-0.2, -0.15) is 5.10 Å². The smallest absolute Gasteiger partial charge is 0.123 e. The van der Waals surface area contributed by atoms with Gasteiger partial charge in [0.1, 0.15) is 11.9 Å². The molecule has 1 N–H and O–H groups in total. The first kappa shape index (κ1) is 14.7. The molecule has 0 fully saturated rings. The Morgan fingerprint density at radius 3 is 2.45 bits per heavy atom. The monoisotopic (exact) mass is 298 g/mol. The van der Waals surface area contributed by atoms with Crippen molar-refractivity contribution in [2.24, 2.45) is 5.92 Å². The van der Waals surface area contributed by atoms with Crippen LogP contribution in [0, 0.1) is 11.7 Å². The molecule has 0 aliphatic carbocycles. The molecule has 0 saturated carbocycles. The predicted octanol–water partition coefficient (Wildman–Crippen LogP) is 3.91. The van der Waals surface area contributed by atoms with Crippen LogP contribution in [0.3, 0.4) is 0 Å². The van der Waals surface area contributed by atoms with Crippen molar-refractivity contribution in [3.63, 3.8) is 0 Å². The highest BCUT2D eigenvalue weighted by Gasteiger charge is 2.13. The Balaban J connectivity index is 1.93. The third kappa shape index (κ3) is 2.88. The molecule has 1 heterocycles. The van der Waals surface area contributed by atoms with E-state index in [1.54, 1.807) is 12.1 Å². The standard InChI is InChI=1S/C18H19FN2O/c1-12(2)11-21-17-8-5-14(9-15(17)10-20-21)18(22)13-3-6-16(19)7-4-13/h3-10,12,18,22H,11H2,1-2H3/t18-/m1/s1. The van der Waals surface area contributed by atoms with Crippen molar-refractivity contribution < 1.29 is 9.50 Å². The van der Waals surface area contributed by atoms with Crippen LogP contribution in [0.5, 0.6) is 0 Å². The topological polar surface area (TPSA) is 38.0 Å². The quantitative estimate of drug-likeness (QED) is 0.793. The Morgan fingerprint density at radius 2 is 1.77 bits per heavy atom. The summed E-state index contributed by atoms with van der Waals surface area (Å²) in [6.07, 6.45) is 1.05. The first-order valence-corrected chi connectivity index (χ1v) is 7.43. The number of aromatic nitrogens is 2. The van der Waals surface area contributed by atoms with Crippen molar-refractivity contribution in [2.45, 2.75) is 26.5 Å². The summed E-state index contributed by atoms with van der Waals surface area (Å²) >= 11 is 0. The number of halogens is 1. The fourth-order valence-corrected chi connectivity index (χ4v) is 2.60. The summed E-state index contributed by atoms with van der Waals surface area (Å²) in [5.41, 5.74) is 2.52. The van der Waals surface area contributed by atoms with Gasteiger partial charge in [0.2, 0.25) is 0 Å². The number of fused-ring (bicyclic) bond motifs is 1. The zero-order chi connectivity index (χ0) is 15.7. The first-order chi connectivity index (χ1) is 10.5. The molecule has 3 nitrogen and oxygen atoms in total. The highest BCUT2D eigenvalue weighted by molar-refractivity contribution is 5.79. The maximum Gasteiger partial charge on any atom is 0.123 e. The van der Waals surface area contributed by atoms with Crippen molar-refractivity contribution >= 4 is 10.9 Å². The molecule has 0 radical (unpaired) electrons. The highest BCUT2D eigenvalue weighted by Crippen LogP contribution is 2.26. The van der Waals surface area contributed by atoms with Gasteiger partial charge in [-0.15, -0.1) is 0 Å². The average Bonchev–Trinajstić information content (AvgIpc) is 2.89. The van der Waals surface area contributed by atoms with Gasteiger partial charge in [0, 0.05) is 11.9 Å². The van der Waals surface area contributed by atoms with E-state index in [4.69, 9.17) is 0 Å². The van der Waals surface area contributed by atoms with Gasteiger partial charge in [-0.05, 0) is 41.3 Å². The van der Waals surface area contributed by atoms with Crippen molar-refractivity contribution in [1.82, 2.24) is 9.78 Å². The number of aliphatic hydroxyl groups is 1. The first-order valence-electron chi connectivity index (χ1n) is 7.43. The number of benzene rings is 2. The summed E-state index contributed by atoms with van der Waals surface area (Å²) in [5, 5.41) is 15.8. The van der Waals surface area contributed by atoms with Crippen LogP contribution in [-0.2, 0) is 6.54 Å². The summed E-state index contributed by atoms with van der Waals surface area (Å²) in [7, 11) is 0. The number of aliphatic hydroxyl groups excluding tert-OH is 1. The van der Waals surface area contributed by atoms with Crippen LogP contribution in [0.2, 0.25) is 0 Å². The summed E-state index contributed by atoms with van der Waals surface area (Å²) in [5.74, 6) is 0.217. The lowest BCUT2D eigenvalue weighted by atomic mass is 10.0. The van der Waals surface area contributed by atoms with E-state index in [0.29, 0.717) is 11.5 Å². The molecule has 0 saturated heterocycles. The lowest BCUT2D eigenvalue weighted by molar-refractivity contribution is 0.220. The van der Waals surface area contributed by atoms with Gasteiger partial charge in [-0.1, -0.05) is 32.0 Å². The second-order valence-corrected chi connectivity index (χ2v) is 5.99. The molecule has 0 aliphatic rings. The molecule has 0 bridgehead atoms. The number of rotatable bonds is 4. The molecule has 4 heteroatoms. The van der Waals surface area contributed by atoms with E-state index in [1.165, 1.54) is 12.1 Å². The molecule has 1 aromatic heterocycles. The van der Waals surface area contributed by atoms with Crippen molar-refractivity contribution in [3.8, 4) is 0 Å². The van der Waals surface area contributed by atoms with Crippen LogP contribution in [0.25, 0.3) is 10.9 Å². The van der Waals surface area contributed by atoms with E-state index < -0.39 is 6.10 Å². The zero-order valence-electron chi connectivity index (χ0n) is 12.7. The SMILES string of the molecule is CC(C)Cn1ncc2cc([C@H](O)c3ccc(F)cc3)ccc21. The third-order valence-electron chi connectivity index (χ3n) is 3.71. The summed E-state index contributed by atoms with van der Waals surface area (Å²) in [6.45, 7) is 5.17. The van der Waals surface area contributed by atoms with Crippen LogP contribution < -0.4 is 0 Å². The lowest BCUT2D eigenvalue weighted by Crippen LogP contribution is -2.05. The Morgan fingerprint density at radius 1 is 1.09 bits per heavy atom. The maximum absolute atomic E-state index is 13.0. The predicted molar refractivity (Wildman–Crippen MR) is 85.0 cm³/mol. The van der Waals surface area contributed by atoms with E-state index >= 15 is 0 Å². The molecule has 3 rings (SSSR count). The van der Waals surface area contributed by atoms with Gasteiger partial charge in [0.15, 0.2) is 0 Å². The normalized spacial score (nSPS) is 13.0. The molecular weight excluding hydrogens is 279 g/mol. The zero-order valence-corrected chi connectivity index (χ0v) is 12.7. The molecule has 0 spiro atoms. The van der Waals surface area contributed by atoms with Gasteiger partial charge < -0.3 is 5.11 Å². The largest absolute Gasteiger partial charge is 0.384 e. The van der Waals surface area contributed by atoms with Gasteiger partial charge in [0.25, 0.3) is 0 Å². The second-order valence-electron chi connectivity index (χ2n) is 5.99. The van der Waals surface area contributed by atoms with Crippen LogP contribution in [0.1, 0.15) is 31.1 Å². The van der Waals surface area contributed by atoms with Crippen molar-refractivity contribution in [2.75, 3.05) is 0 Å². The van der Waals surface area contributed by atoms with Gasteiger partial charge in [0.05, 0.1) is 11.7 Å². The van der Waals surface area contributed by atoms with Crippen LogP contribution in [0.15, 0.2) is 48.7 Å². The minimum Gasteiger partial charge on any atom is -0.384 e. The Kier molecular flexibility index (Phi) is 3.94. The summed E-state index contributed by atoms with van der Waals surface area (Å²) < 4.78 is 15.0. The minimum absolute atomic E-state index is 0.304. The average molecular weight is 298 g/mol. The number of hydrogen-bond donors (Lipinski definition) is 1. The van der Waals surface area contributed by atoms with E-state index in [2.05, 4.69) is 18.9 Å². The molecule has 0 amide bonds. The highest BCUT2D eigenvalue weighted by atomic mass is 19.1. The summed E-state index contributed by atoms with van der Waals surface area (Å²) in [4.78, 5) is 0. The van der Waals surface area contributed by atoms with E-state index in [-0.39, 0.29) is 5.82 Å². The maximum atomic E-state index is 13.0. The molecule has 2 aromatic carbocycles. The molecule has 0 unspecified atom stereocenters. The van der Waals surface area contributed by atoms with E-state index in [9.17, 15) is 9.50 Å². The molecule has 3 aromatic rings. The van der Waals surface area contributed by atoms with E-state index in [0.717, 1.165) is 23.0 Å². The van der Waals surface area contributed by atoms with Crippen molar-refractivity contribution in [3.05, 3.63) is 65.6 Å². The molecular formula is C18H19FN2O. The molecule has 1 atom stereocenters. The minimum atomic E-state index is -0.765. The number of nitrogens with zero attached hydrogens (tertiary/aromatic N) is 2. The van der Waals surface area contributed by atoms with E-state index in [1.807, 2.05) is 29.1 Å². The molecule has 22 heavy (non-hydrogen) atoms. The van der Waals surface area contributed by atoms with Gasteiger partial charge in [-0.25, -0.2) is 4.39 Å². The molecule has 114 valence electrons. The van der Waals surface area contributed by atoms with Gasteiger partial charge >= 0.3 is 0 Å². The Bertz CT molecular complexity index is 777. The fourth-order valence-electron chi connectivity index (χ4n) is 2.60. The van der Waals surface area contributed by atoms with Crippen LogP contribution in [-0.4, -0.2) is 14.9 Å². The number of hydrogen-bond acceptors (Lipinski definition) is 2. The lowest BCUT2D eigenvalue weighted by Gasteiger charge is -2.12. The second kappa shape index (κ2) is 5.89. The third-order valence-corrected chi connectivity index (χ3v) is 3.71. The Hall–Kier alpha value is -2.20. The Labute approximate surface area is 129 Å². The van der Waals surface area contributed by atoms with Gasteiger partial charge in [-0.3, -0.25) is 4.68 Å². The summed E-state index contributed by atoms with van der Waals surface area (Å²) in [6, 6.07) is 11.7. The van der Waals surface area contributed by atoms with Crippen LogP contribution >= 0.6 is 0 Å². The molecule has 0 aliphatic heterocycles. The van der Waals surface area contributed by atoms with Crippen LogP contribution in [0.4, 0.5) is 4.39 Å². The fraction of sp³-hybridized carbons (Fsp3) is 0.278. The van der Waals surface area contributed by atoms with Crippen molar-refractivity contribution in [1.29, 1.82) is 0 Å².